The number of carbonyl (C=O) groups excluding carboxylic acids is 2. The third-order valence-electron chi connectivity index (χ3n) is 4.78. The fourth-order valence-corrected chi connectivity index (χ4v) is 3.36. The predicted octanol–water partition coefficient (Wildman–Crippen LogP) is 0.832. The van der Waals surface area contributed by atoms with Crippen molar-refractivity contribution in [1.29, 1.82) is 0 Å². The Bertz CT molecular complexity index is 351. The van der Waals surface area contributed by atoms with Crippen molar-refractivity contribution in [3.05, 3.63) is 0 Å². The van der Waals surface area contributed by atoms with Gasteiger partial charge in [-0.25, -0.2) is 0 Å². The van der Waals surface area contributed by atoms with Gasteiger partial charge in [-0.2, -0.15) is 0 Å². The van der Waals surface area contributed by atoms with Crippen LogP contribution in [-0.2, 0) is 9.59 Å². The summed E-state index contributed by atoms with van der Waals surface area (Å²) in [6.07, 6.45) is 5.02. The van der Waals surface area contributed by atoms with Crippen molar-refractivity contribution in [2.75, 3.05) is 32.7 Å². The number of nitrogens with two attached hydrogens (primary N) is 1. The average molecular weight is 281 g/mol. The highest BCUT2D eigenvalue weighted by Gasteiger charge is 2.30. The van der Waals surface area contributed by atoms with Gasteiger partial charge in [0.1, 0.15) is 0 Å². The summed E-state index contributed by atoms with van der Waals surface area (Å²) in [5, 5.41) is 0. The number of amides is 2. The molecule has 0 aromatic rings. The zero-order valence-corrected chi connectivity index (χ0v) is 12.5. The van der Waals surface area contributed by atoms with Gasteiger partial charge in [0.25, 0.3) is 0 Å². The van der Waals surface area contributed by atoms with E-state index in [0.717, 1.165) is 51.7 Å². The first kappa shape index (κ1) is 15.3. The Morgan fingerprint density at radius 3 is 2.20 bits per heavy atom. The summed E-state index contributed by atoms with van der Waals surface area (Å²) in [5.41, 5.74) is 5.70. The summed E-state index contributed by atoms with van der Waals surface area (Å²) >= 11 is 0. The van der Waals surface area contributed by atoms with E-state index in [1.807, 2.05) is 9.80 Å². The number of carbonyl (C=O) groups is 2. The molecule has 2 N–H and O–H groups in total. The Hall–Kier alpha value is -1.10. The van der Waals surface area contributed by atoms with E-state index >= 15 is 0 Å². The summed E-state index contributed by atoms with van der Waals surface area (Å²) in [6.45, 7) is 5.29. The quantitative estimate of drug-likeness (QED) is 0.815. The largest absolute Gasteiger partial charge is 0.341 e. The molecule has 2 amide bonds. The van der Waals surface area contributed by atoms with Gasteiger partial charge >= 0.3 is 0 Å². The van der Waals surface area contributed by atoms with Crippen LogP contribution in [0.5, 0.6) is 0 Å². The molecule has 0 atom stereocenters. The van der Waals surface area contributed by atoms with E-state index in [1.54, 1.807) is 6.92 Å². The Morgan fingerprint density at radius 2 is 1.60 bits per heavy atom. The maximum Gasteiger partial charge on any atom is 0.225 e. The van der Waals surface area contributed by atoms with Crippen LogP contribution in [0.2, 0.25) is 0 Å². The molecule has 0 spiro atoms. The fraction of sp³-hybridized carbons (Fsp3) is 0.867. The summed E-state index contributed by atoms with van der Waals surface area (Å²) in [4.78, 5) is 27.8. The van der Waals surface area contributed by atoms with Gasteiger partial charge in [0.05, 0.1) is 0 Å². The van der Waals surface area contributed by atoms with Crippen molar-refractivity contribution < 1.29 is 9.59 Å². The van der Waals surface area contributed by atoms with Gasteiger partial charge in [-0.3, -0.25) is 9.59 Å². The van der Waals surface area contributed by atoms with E-state index in [2.05, 4.69) is 0 Å². The van der Waals surface area contributed by atoms with Crippen molar-refractivity contribution in [1.82, 2.24) is 9.80 Å². The van der Waals surface area contributed by atoms with E-state index in [4.69, 9.17) is 5.73 Å². The summed E-state index contributed by atoms with van der Waals surface area (Å²) < 4.78 is 0. The molecule has 0 aromatic heterocycles. The maximum absolute atomic E-state index is 12.6. The standard InChI is InChI=1S/C15H27N3O2/c1-12(19)17-7-2-8-18(10-9-17)15(20)14-5-3-13(11-16)4-6-14/h13-14H,2-11,16H2,1H3. The molecule has 1 aliphatic heterocycles. The first-order valence-electron chi connectivity index (χ1n) is 7.86. The van der Waals surface area contributed by atoms with Crippen molar-refractivity contribution in [3.8, 4) is 0 Å². The van der Waals surface area contributed by atoms with Gasteiger partial charge < -0.3 is 15.5 Å². The van der Waals surface area contributed by atoms with E-state index in [9.17, 15) is 9.59 Å². The highest BCUT2D eigenvalue weighted by atomic mass is 16.2. The molecule has 5 heteroatoms. The monoisotopic (exact) mass is 281 g/mol. The lowest BCUT2D eigenvalue weighted by molar-refractivity contribution is -0.137. The zero-order valence-electron chi connectivity index (χ0n) is 12.5. The van der Waals surface area contributed by atoms with Gasteiger partial charge in [0.15, 0.2) is 0 Å². The van der Waals surface area contributed by atoms with Crippen LogP contribution in [0.15, 0.2) is 0 Å². The Balaban J connectivity index is 1.85. The molecule has 0 unspecified atom stereocenters. The average Bonchev–Trinajstić information content (AvgIpc) is 2.72. The van der Waals surface area contributed by atoms with Gasteiger partial charge in [-0.15, -0.1) is 0 Å². The van der Waals surface area contributed by atoms with Gasteiger partial charge in [0.2, 0.25) is 11.8 Å². The van der Waals surface area contributed by atoms with Crippen LogP contribution in [0.25, 0.3) is 0 Å². The van der Waals surface area contributed by atoms with Gasteiger partial charge in [-0.05, 0) is 44.6 Å². The second-order valence-corrected chi connectivity index (χ2v) is 6.14. The molecule has 20 heavy (non-hydrogen) atoms. The Kier molecular flexibility index (Phi) is 5.40. The molecular formula is C15H27N3O2. The van der Waals surface area contributed by atoms with Gasteiger partial charge in [0, 0.05) is 39.0 Å². The molecule has 0 aromatic carbocycles. The molecule has 1 saturated heterocycles. The smallest absolute Gasteiger partial charge is 0.225 e. The molecule has 0 bridgehead atoms. The Morgan fingerprint density at radius 1 is 1.00 bits per heavy atom. The van der Waals surface area contributed by atoms with Crippen molar-refractivity contribution in [2.45, 2.75) is 39.0 Å². The van der Waals surface area contributed by atoms with Crippen LogP contribution in [0.4, 0.5) is 0 Å². The number of hydrogen-bond acceptors (Lipinski definition) is 3. The minimum atomic E-state index is 0.114. The van der Waals surface area contributed by atoms with Crippen molar-refractivity contribution in [3.63, 3.8) is 0 Å². The molecule has 1 heterocycles. The number of rotatable bonds is 2. The molecule has 2 aliphatic rings. The molecule has 1 aliphatic carbocycles. The predicted molar refractivity (Wildman–Crippen MR) is 78.0 cm³/mol. The normalized spacial score (nSPS) is 28.1. The summed E-state index contributed by atoms with van der Waals surface area (Å²) in [6, 6.07) is 0. The molecular weight excluding hydrogens is 254 g/mol. The second kappa shape index (κ2) is 7.07. The molecule has 114 valence electrons. The topological polar surface area (TPSA) is 66.6 Å². The van der Waals surface area contributed by atoms with Crippen molar-refractivity contribution >= 4 is 11.8 Å². The summed E-state index contributed by atoms with van der Waals surface area (Å²) in [5.74, 6) is 1.20. The van der Waals surface area contributed by atoms with E-state index in [1.165, 1.54) is 0 Å². The third kappa shape index (κ3) is 3.72. The molecule has 0 radical (unpaired) electrons. The number of nitrogens with zero attached hydrogens (tertiary/aromatic N) is 2. The lowest BCUT2D eigenvalue weighted by atomic mass is 9.81. The van der Waals surface area contributed by atoms with E-state index in [-0.39, 0.29) is 11.8 Å². The molecule has 2 fully saturated rings. The summed E-state index contributed by atoms with van der Waals surface area (Å²) in [7, 11) is 0. The van der Waals surface area contributed by atoms with Crippen LogP contribution in [0, 0.1) is 11.8 Å². The van der Waals surface area contributed by atoms with Crippen LogP contribution in [0.1, 0.15) is 39.0 Å². The first-order valence-corrected chi connectivity index (χ1v) is 7.86. The fourth-order valence-electron chi connectivity index (χ4n) is 3.36. The van der Waals surface area contributed by atoms with E-state index < -0.39 is 0 Å². The van der Waals surface area contributed by atoms with Gasteiger partial charge in [-0.1, -0.05) is 0 Å². The Labute approximate surface area is 121 Å². The maximum atomic E-state index is 12.6. The number of hydrogen-bond donors (Lipinski definition) is 1. The second-order valence-electron chi connectivity index (χ2n) is 6.14. The van der Waals surface area contributed by atoms with Crippen LogP contribution >= 0.6 is 0 Å². The lowest BCUT2D eigenvalue weighted by Crippen LogP contribution is -2.41. The molecule has 1 saturated carbocycles. The van der Waals surface area contributed by atoms with E-state index in [0.29, 0.717) is 24.9 Å². The third-order valence-corrected chi connectivity index (χ3v) is 4.78. The zero-order chi connectivity index (χ0) is 14.5. The first-order chi connectivity index (χ1) is 9.61. The van der Waals surface area contributed by atoms with Crippen LogP contribution in [0.3, 0.4) is 0 Å². The van der Waals surface area contributed by atoms with Crippen LogP contribution in [-0.4, -0.2) is 54.3 Å². The minimum Gasteiger partial charge on any atom is -0.341 e. The highest BCUT2D eigenvalue weighted by molar-refractivity contribution is 5.79. The lowest BCUT2D eigenvalue weighted by Gasteiger charge is -2.31. The molecule has 2 rings (SSSR count). The molecule has 5 nitrogen and oxygen atoms in total. The van der Waals surface area contributed by atoms with Crippen molar-refractivity contribution in [2.24, 2.45) is 17.6 Å². The van der Waals surface area contributed by atoms with Crippen LogP contribution < -0.4 is 5.73 Å². The SMILES string of the molecule is CC(=O)N1CCCN(C(=O)C2CCC(CN)CC2)CC1. The minimum absolute atomic E-state index is 0.114. The highest BCUT2D eigenvalue weighted by Crippen LogP contribution is 2.29.